The van der Waals surface area contributed by atoms with Crippen LogP contribution in [0.4, 0.5) is 0 Å². The third-order valence-electron chi connectivity index (χ3n) is 3.08. The Balaban J connectivity index is 1.64. The second-order valence-electron chi connectivity index (χ2n) is 4.49. The number of rotatable bonds is 5. The number of carbonyl (C=O) groups is 2. The molecule has 0 aliphatic carbocycles. The third-order valence-corrected chi connectivity index (χ3v) is 3.08. The fourth-order valence-electron chi connectivity index (χ4n) is 1.98. The maximum absolute atomic E-state index is 11.8. The van der Waals surface area contributed by atoms with Crippen molar-refractivity contribution in [2.24, 2.45) is 0 Å². The Morgan fingerprint density at radius 3 is 2.79 bits per heavy atom. The van der Waals surface area contributed by atoms with Crippen molar-refractivity contribution in [1.82, 2.24) is 15.5 Å². The molecule has 104 valence electrons. The van der Waals surface area contributed by atoms with E-state index in [1.807, 2.05) is 0 Å². The average Bonchev–Trinajstić information content (AvgIpc) is 2.96. The molecular weight excluding hydrogens is 246 g/mol. The van der Waals surface area contributed by atoms with E-state index in [0.29, 0.717) is 12.3 Å². The van der Waals surface area contributed by atoms with Crippen molar-refractivity contribution in [3.05, 3.63) is 24.2 Å². The molecule has 19 heavy (non-hydrogen) atoms. The summed E-state index contributed by atoms with van der Waals surface area (Å²) in [5, 5.41) is 5.91. The van der Waals surface area contributed by atoms with E-state index in [2.05, 4.69) is 10.6 Å². The van der Waals surface area contributed by atoms with E-state index in [1.165, 1.54) is 0 Å². The topological polar surface area (TPSA) is 74.6 Å². The SMILES string of the molecule is O=C(CCC(=O)N1CCNCC1)NCc1ccco1. The van der Waals surface area contributed by atoms with Gasteiger partial charge in [-0.05, 0) is 12.1 Å². The second-order valence-corrected chi connectivity index (χ2v) is 4.49. The van der Waals surface area contributed by atoms with E-state index >= 15 is 0 Å². The molecule has 1 aliphatic rings. The lowest BCUT2D eigenvalue weighted by Gasteiger charge is -2.27. The first-order valence-electron chi connectivity index (χ1n) is 6.53. The molecule has 1 saturated heterocycles. The van der Waals surface area contributed by atoms with Gasteiger partial charge < -0.3 is 20.0 Å². The molecule has 0 radical (unpaired) electrons. The van der Waals surface area contributed by atoms with E-state index in [-0.39, 0.29) is 24.7 Å². The van der Waals surface area contributed by atoms with Crippen LogP contribution in [0.15, 0.2) is 22.8 Å². The van der Waals surface area contributed by atoms with Gasteiger partial charge >= 0.3 is 0 Å². The van der Waals surface area contributed by atoms with E-state index in [0.717, 1.165) is 26.2 Å². The molecule has 0 spiro atoms. The first-order chi connectivity index (χ1) is 9.25. The van der Waals surface area contributed by atoms with Gasteiger partial charge in [0, 0.05) is 39.0 Å². The van der Waals surface area contributed by atoms with Gasteiger partial charge in [0.1, 0.15) is 5.76 Å². The molecular formula is C13H19N3O3. The molecule has 6 nitrogen and oxygen atoms in total. The third kappa shape index (κ3) is 4.40. The van der Waals surface area contributed by atoms with Crippen LogP contribution in [0, 0.1) is 0 Å². The van der Waals surface area contributed by atoms with Crippen LogP contribution in [0.2, 0.25) is 0 Å². The molecule has 0 saturated carbocycles. The molecule has 1 fully saturated rings. The summed E-state index contributed by atoms with van der Waals surface area (Å²) in [5.74, 6) is 0.635. The molecule has 1 aliphatic heterocycles. The standard InChI is InChI=1S/C13H19N3O3/c17-12(15-10-11-2-1-9-19-11)3-4-13(18)16-7-5-14-6-8-16/h1-2,9,14H,3-8,10H2,(H,15,17). The zero-order valence-electron chi connectivity index (χ0n) is 10.9. The number of nitrogens with one attached hydrogen (secondary N) is 2. The highest BCUT2D eigenvalue weighted by Gasteiger charge is 2.16. The smallest absolute Gasteiger partial charge is 0.223 e. The van der Waals surface area contributed by atoms with Crippen LogP contribution in [0.5, 0.6) is 0 Å². The van der Waals surface area contributed by atoms with E-state index in [1.54, 1.807) is 23.3 Å². The van der Waals surface area contributed by atoms with E-state index in [4.69, 9.17) is 4.42 Å². The quantitative estimate of drug-likeness (QED) is 0.792. The molecule has 0 aromatic carbocycles. The summed E-state index contributed by atoms with van der Waals surface area (Å²) in [5.41, 5.74) is 0. The Bertz CT molecular complexity index is 411. The van der Waals surface area contributed by atoms with E-state index in [9.17, 15) is 9.59 Å². The lowest BCUT2D eigenvalue weighted by molar-refractivity contribution is -0.134. The van der Waals surface area contributed by atoms with Gasteiger partial charge in [-0.2, -0.15) is 0 Å². The monoisotopic (exact) mass is 265 g/mol. The second kappa shape index (κ2) is 6.94. The number of furan rings is 1. The van der Waals surface area contributed by atoms with Crippen molar-refractivity contribution in [3.8, 4) is 0 Å². The van der Waals surface area contributed by atoms with Crippen molar-refractivity contribution < 1.29 is 14.0 Å². The predicted molar refractivity (Wildman–Crippen MR) is 69.2 cm³/mol. The van der Waals surface area contributed by atoms with Crippen LogP contribution in [0.1, 0.15) is 18.6 Å². The van der Waals surface area contributed by atoms with Crippen molar-refractivity contribution in [2.75, 3.05) is 26.2 Å². The molecule has 1 aromatic heterocycles. The molecule has 2 amide bonds. The Hall–Kier alpha value is -1.82. The highest BCUT2D eigenvalue weighted by Crippen LogP contribution is 2.02. The molecule has 2 heterocycles. The summed E-state index contributed by atoms with van der Waals surface area (Å²) in [4.78, 5) is 25.2. The zero-order valence-corrected chi connectivity index (χ0v) is 10.9. The minimum absolute atomic E-state index is 0.0506. The van der Waals surface area contributed by atoms with Gasteiger partial charge in [-0.1, -0.05) is 0 Å². The van der Waals surface area contributed by atoms with Crippen LogP contribution in [-0.4, -0.2) is 42.9 Å². The minimum atomic E-state index is -0.125. The van der Waals surface area contributed by atoms with Gasteiger partial charge in [-0.15, -0.1) is 0 Å². The molecule has 0 unspecified atom stereocenters. The fraction of sp³-hybridized carbons (Fsp3) is 0.538. The fourth-order valence-corrected chi connectivity index (χ4v) is 1.98. The van der Waals surface area contributed by atoms with Gasteiger partial charge in [0.05, 0.1) is 12.8 Å². The van der Waals surface area contributed by atoms with Gasteiger partial charge in [0.25, 0.3) is 0 Å². The molecule has 0 bridgehead atoms. The minimum Gasteiger partial charge on any atom is -0.467 e. The molecule has 0 atom stereocenters. The maximum atomic E-state index is 11.8. The van der Waals surface area contributed by atoms with Crippen LogP contribution in [0.3, 0.4) is 0 Å². The molecule has 1 aromatic rings. The number of carbonyl (C=O) groups excluding carboxylic acids is 2. The largest absolute Gasteiger partial charge is 0.467 e. The van der Waals surface area contributed by atoms with Crippen molar-refractivity contribution >= 4 is 11.8 Å². The van der Waals surface area contributed by atoms with Gasteiger partial charge in [-0.3, -0.25) is 9.59 Å². The number of amides is 2. The van der Waals surface area contributed by atoms with E-state index < -0.39 is 0 Å². The lowest BCUT2D eigenvalue weighted by Crippen LogP contribution is -2.46. The predicted octanol–water partition coefficient (Wildman–Crippen LogP) is 0.108. The van der Waals surface area contributed by atoms with Crippen LogP contribution >= 0.6 is 0 Å². The van der Waals surface area contributed by atoms with Crippen molar-refractivity contribution in [2.45, 2.75) is 19.4 Å². The average molecular weight is 265 g/mol. The number of hydrogen-bond acceptors (Lipinski definition) is 4. The van der Waals surface area contributed by atoms with Crippen LogP contribution < -0.4 is 10.6 Å². The number of hydrogen-bond donors (Lipinski definition) is 2. The Morgan fingerprint density at radius 1 is 1.32 bits per heavy atom. The number of piperazine rings is 1. The summed E-state index contributed by atoms with van der Waals surface area (Å²) in [7, 11) is 0. The normalized spacial score (nSPS) is 15.3. The van der Waals surface area contributed by atoms with Crippen LogP contribution in [0.25, 0.3) is 0 Å². The van der Waals surface area contributed by atoms with Crippen molar-refractivity contribution in [3.63, 3.8) is 0 Å². The molecule has 2 rings (SSSR count). The maximum Gasteiger partial charge on any atom is 0.223 e. The highest BCUT2D eigenvalue weighted by molar-refractivity contribution is 5.83. The van der Waals surface area contributed by atoms with Gasteiger partial charge in [0.2, 0.25) is 11.8 Å². The first kappa shape index (κ1) is 13.6. The Kier molecular flexibility index (Phi) is 4.97. The number of nitrogens with zero attached hydrogens (tertiary/aromatic N) is 1. The van der Waals surface area contributed by atoms with Crippen LogP contribution in [-0.2, 0) is 16.1 Å². The summed E-state index contributed by atoms with van der Waals surface area (Å²) in [6.45, 7) is 3.49. The first-order valence-corrected chi connectivity index (χ1v) is 6.53. The summed E-state index contributed by atoms with van der Waals surface area (Å²) in [6.07, 6.45) is 2.06. The Labute approximate surface area is 112 Å². The summed E-state index contributed by atoms with van der Waals surface area (Å²) < 4.78 is 5.11. The Morgan fingerprint density at radius 2 is 2.11 bits per heavy atom. The van der Waals surface area contributed by atoms with Gasteiger partial charge in [0.15, 0.2) is 0 Å². The summed E-state index contributed by atoms with van der Waals surface area (Å²) in [6, 6.07) is 3.57. The zero-order chi connectivity index (χ0) is 13.5. The van der Waals surface area contributed by atoms with Crippen molar-refractivity contribution in [1.29, 1.82) is 0 Å². The lowest BCUT2D eigenvalue weighted by atomic mass is 10.2. The molecule has 2 N–H and O–H groups in total. The van der Waals surface area contributed by atoms with Gasteiger partial charge in [-0.25, -0.2) is 0 Å². The summed E-state index contributed by atoms with van der Waals surface area (Å²) >= 11 is 0. The molecule has 6 heteroatoms. The highest BCUT2D eigenvalue weighted by atomic mass is 16.3.